The Bertz CT molecular complexity index is 387. The maximum absolute atomic E-state index is 4.34. The third-order valence-electron chi connectivity index (χ3n) is 4.58. The number of hydrogen-bond donors (Lipinski definition) is 1. The van der Waals surface area contributed by atoms with Crippen LogP contribution in [0.25, 0.3) is 0 Å². The molecule has 5 heteroatoms. The molecule has 0 aromatic carbocycles. The van der Waals surface area contributed by atoms with E-state index in [4.69, 9.17) is 0 Å². The highest BCUT2D eigenvalue weighted by molar-refractivity contribution is 4.89. The third-order valence-corrected chi connectivity index (χ3v) is 4.58. The second-order valence-electron chi connectivity index (χ2n) is 6.29. The summed E-state index contributed by atoms with van der Waals surface area (Å²) in [5.41, 5.74) is 0. The molecule has 1 fully saturated rings. The monoisotopic (exact) mass is 265 g/mol. The molecule has 2 rings (SSSR count). The fraction of sp³-hybridized carbons (Fsp3) is 0.929. The van der Waals surface area contributed by atoms with Crippen LogP contribution in [0.5, 0.6) is 0 Å². The minimum atomic E-state index is 0.692. The molecule has 0 bridgehead atoms. The smallest absolute Gasteiger partial charge is 0.175 e. The zero-order valence-electron chi connectivity index (χ0n) is 12.6. The second-order valence-corrected chi connectivity index (χ2v) is 6.29. The second kappa shape index (κ2) is 6.46. The molecule has 108 valence electrons. The van der Waals surface area contributed by atoms with Crippen molar-refractivity contribution in [2.24, 2.45) is 30.7 Å². The summed E-state index contributed by atoms with van der Waals surface area (Å²) in [6, 6.07) is 0. The highest BCUT2D eigenvalue weighted by atomic mass is 15.6. The molecule has 0 spiro atoms. The Morgan fingerprint density at radius 2 is 2.11 bits per heavy atom. The number of aromatic nitrogens is 4. The van der Waals surface area contributed by atoms with Crippen LogP contribution in [-0.2, 0) is 13.5 Å². The van der Waals surface area contributed by atoms with Gasteiger partial charge >= 0.3 is 0 Å². The van der Waals surface area contributed by atoms with E-state index in [1.165, 1.54) is 19.3 Å². The molecule has 1 heterocycles. The summed E-state index contributed by atoms with van der Waals surface area (Å²) in [6.07, 6.45) is 4.98. The SMILES string of the molecule is CNCC1CCC(C(C)C)CC1Cc1nnn(C)n1. The molecule has 1 aliphatic carbocycles. The molecular formula is C14H27N5. The Kier molecular flexibility index (Phi) is 4.91. The summed E-state index contributed by atoms with van der Waals surface area (Å²) in [5.74, 6) is 3.99. The van der Waals surface area contributed by atoms with Crippen molar-refractivity contribution in [1.82, 2.24) is 25.5 Å². The first-order chi connectivity index (χ1) is 9.10. The Balaban J connectivity index is 2.02. The van der Waals surface area contributed by atoms with Crippen LogP contribution in [-0.4, -0.2) is 33.8 Å². The summed E-state index contributed by atoms with van der Waals surface area (Å²) >= 11 is 0. The van der Waals surface area contributed by atoms with Gasteiger partial charge < -0.3 is 5.32 Å². The summed E-state index contributed by atoms with van der Waals surface area (Å²) in [5, 5.41) is 15.8. The Hall–Kier alpha value is -0.970. The predicted octanol–water partition coefficient (Wildman–Crippen LogP) is 1.66. The molecule has 0 aliphatic heterocycles. The standard InChI is InChI=1S/C14H27N5/c1-10(2)11-5-6-12(9-15-3)13(7-11)8-14-16-18-19(4)17-14/h10-13,15H,5-9H2,1-4H3. The van der Waals surface area contributed by atoms with Gasteiger partial charge in [0.25, 0.3) is 0 Å². The van der Waals surface area contributed by atoms with Gasteiger partial charge in [-0.3, -0.25) is 0 Å². The lowest BCUT2D eigenvalue weighted by Crippen LogP contribution is -2.34. The van der Waals surface area contributed by atoms with Gasteiger partial charge in [0.1, 0.15) is 0 Å². The number of hydrogen-bond acceptors (Lipinski definition) is 4. The van der Waals surface area contributed by atoms with E-state index in [1.54, 1.807) is 4.80 Å². The largest absolute Gasteiger partial charge is 0.319 e. The Morgan fingerprint density at radius 3 is 2.68 bits per heavy atom. The van der Waals surface area contributed by atoms with Gasteiger partial charge in [-0.05, 0) is 61.7 Å². The minimum Gasteiger partial charge on any atom is -0.319 e. The van der Waals surface area contributed by atoms with Crippen LogP contribution in [0.15, 0.2) is 0 Å². The molecule has 1 N–H and O–H groups in total. The Labute approximate surface area is 116 Å². The molecule has 3 unspecified atom stereocenters. The highest BCUT2D eigenvalue weighted by Gasteiger charge is 2.32. The highest BCUT2D eigenvalue weighted by Crippen LogP contribution is 2.38. The van der Waals surface area contributed by atoms with Crippen molar-refractivity contribution in [3.63, 3.8) is 0 Å². The van der Waals surface area contributed by atoms with E-state index in [0.29, 0.717) is 5.92 Å². The topological polar surface area (TPSA) is 55.6 Å². The van der Waals surface area contributed by atoms with Crippen molar-refractivity contribution < 1.29 is 0 Å². The normalized spacial score (nSPS) is 27.9. The van der Waals surface area contributed by atoms with E-state index in [-0.39, 0.29) is 0 Å². The number of nitrogens with one attached hydrogen (secondary N) is 1. The van der Waals surface area contributed by atoms with Crippen LogP contribution >= 0.6 is 0 Å². The molecule has 1 aromatic rings. The van der Waals surface area contributed by atoms with Gasteiger partial charge in [-0.25, -0.2) is 0 Å². The lowest BCUT2D eigenvalue weighted by Gasteiger charge is -2.37. The lowest BCUT2D eigenvalue weighted by molar-refractivity contribution is 0.144. The summed E-state index contributed by atoms with van der Waals surface area (Å²) in [6.45, 7) is 5.80. The molecule has 1 saturated carbocycles. The van der Waals surface area contributed by atoms with Gasteiger partial charge in [0.15, 0.2) is 5.82 Å². The zero-order chi connectivity index (χ0) is 13.8. The average Bonchev–Trinajstić information content (AvgIpc) is 2.77. The summed E-state index contributed by atoms with van der Waals surface area (Å²) in [7, 11) is 3.88. The van der Waals surface area contributed by atoms with Crippen molar-refractivity contribution in [2.75, 3.05) is 13.6 Å². The molecule has 1 aromatic heterocycles. The maximum atomic E-state index is 4.34. The number of nitrogens with zero attached hydrogens (tertiary/aromatic N) is 4. The van der Waals surface area contributed by atoms with Gasteiger partial charge in [0.2, 0.25) is 0 Å². The van der Waals surface area contributed by atoms with Crippen LogP contribution in [0.2, 0.25) is 0 Å². The lowest BCUT2D eigenvalue weighted by atomic mass is 9.69. The molecule has 1 aliphatic rings. The van der Waals surface area contributed by atoms with Crippen molar-refractivity contribution in [3.8, 4) is 0 Å². The van der Waals surface area contributed by atoms with Crippen molar-refractivity contribution in [2.45, 2.75) is 39.5 Å². The fourth-order valence-electron chi connectivity index (χ4n) is 3.39. The first-order valence-electron chi connectivity index (χ1n) is 7.47. The Morgan fingerprint density at radius 1 is 1.32 bits per heavy atom. The number of rotatable bonds is 5. The van der Waals surface area contributed by atoms with E-state index in [2.05, 4.69) is 34.6 Å². The maximum Gasteiger partial charge on any atom is 0.175 e. The quantitative estimate of drug-likeness (QED) is 0.879. The van der Waals surface area contributed by atoms with Gasteiger partial charge in [0, 0.05) is 6.42 Å². The van der Waals surface area contributed by atoms with Gasteiger partial charge in [-0.15, -0.1) is 10.2 Å². The molecule has 0 saturated heterocycles. The molecule has 3 atom stereocenters. The molecule has 0 amide bonds. The van der Waals surface area contributed by atoms with Crippen LogP contribution in [0.1, 0.15) is 38.9 Å². The number of tetrazole rings is 1. The van der Waals surface area contributed by atoms with Crippen LogP contribution in [0.4, 0.5) is 0 Å². The van der Waals surface area contributed by atoms with E-state index >= 15 is 0 Å². The molecule has 5 nitrogen and oxygen atoms in total. The average molecular weight is 265 g/mol. The van der Waals surface area contributed by atoms with Crippen LogP contribution in [0, 0.1) is 23.7 Å². The fourth-order valence-corrected chi connectivity index (χ4v) is 3.39. The van der Waals surface area contributed by atoms with Crippen molar-refractivity contribution in [1.29, 1.82) is 0 Å². The van der Waals surface area contributed by atoms with Crippen LogP contribution < -0.4 is 5.32 Å². The summed E-state index contributed by atoms with van der Waals surface area (Å²) < 4.78 is 0. The molecular weight excluding hydrogens is 238 g/mol. The minimum absolute atomic E-state index is 0.692. The summed E-state index contributed by atoms with van der Waals surface area (Å²) in [4.78, 5) is 1.56. The van der Waals surface area contributed by atoms with Gasteiger partial charge in [-0.1, -0.05) is 13.8 Å². The van der Waals surface area contributed by atoms with Crippen molar-refractivity contribution in [3.05, 3.63) is 5.82 Å². The van der Waals surface area contributed by atoms with Crippen LogP contribution in [0.3, 0.4) is 0 Å². The predicted molar refractivity (Wildman–Crippen MR) is 75.6 cm³/mol. The first-order valence-corrected chi connectivity index (χ1v) is 7.47. The van der Waals surface area contributed by atoms with E-state index < -0.39 is 0 Å². The van der Waals surface area contributed by atoms with Gasteiger partial charge in [-0.2, -0.15) is 4.80 Å². The van der Waals surface area contributed by atoms with Gasteiger partial charge in [0.05, 0.1) is 7.05 Å². The zero-order valence-corrected chi connectivity index (χ0v) is 12.6. The first kappa shape index (κ1) is 14.4. The van der Waals surface area contributed by atoms with E-state index in [1.807, 2.05) is 14.1 Å². The van der Waals surface area contributed by atoms with Crippen molar-refractivity contribution >= 4 is 0 Å². The van der Waals surface area contributed by atoms with E-state index in [0.717, 1.165) is 36.5 Å². The number of aryl methyl sites for hydroxylation is 1. The third kappa shape index (κ3) is 3.75. The molecule has 0 radical (unpaired) electrons. The van der Waals surface area contributed by atoms with E-state index in [9.17, 15) is 0 Å². The molecule has 19 heavy (non-hydrogen) atoms.